The number of anilines is 1. The Morgan fingerprint density at radius 3 is 2.76 bits per heavy atom. The highest BCUT2D eigenvalue weighted by Gasteiger charge is 2.12. The van der Waals surface area contributed by atoms with Crippen LogP contribution < -0.4 is 15.8 Å². The van der Waals surface area contributed by atoms with Gasteiger partial charge >= 0.3 is 0 Å². The Balaban J connectivity index is 2.75. The number of carbonyl (C=O) groups is 1. The van der Waals surface area contributed by atoms with E-state index in [9.17, 15) is 4.79 Å². The fraction of sp³-hybridized carbons (Fsp3) is 0.462. The van der Waals surface area contributed by atoms with Crippen LogP contribution in [-0.2, 0) is 4.79 Å². The molecule has 1 unspecified atom stereocenters. The zero-order chi connectivity index (χ0) is 12.8. The van der Waals surface area contributed by atoms with Crippen LogP contribution in [0.4, 0.5) is 5.69 Å². The quantitative estimate of drug-likeness (QED) is 0.821. The number of amides is 1. The van der Waals surface area contributed by atoms with Gasteiger partial charge in [0.15, 0.2) is 0 Å². The lowest BCUT2D eigenvalue weighted by atomic mass is 10.1. The topological polar surface area (TPSA) is 64.3 Å². The largest absolute Gasteiger partial charge is 0.494 e. The van der Waals surface area contributed by atoms with Crippen molar-refractivity contribution in [2.45, 2.75) is 20.8 Å². The minimum absolute atomic E-state index is 0.0558. The summed E-state index contributed by atoms with van der Waals surface area (Å²) in [6.45, 7) is 6.66. The van der Waals surface area contributed by atoms with E-state index in [1.54, 1.807) is 6.92 Å². The normalized spacial score (nSPS) is 12.0. The molecule has 0 fully saturated rings. The standard InChI is InChI=1S/C13H20N2O2/c1-4-17-11-5-6-12(9(2)7-11)15-13(16)10(3)8-14/h5-7,10H,4,8,14H2,1-3H3,(H,15,16). The van der Waals surface area contributed by atoms with Gasteiger partial charge in [-0.1, -0.05) is 6.92 Å². The molecule has 1 aromatic rings. The van der Waals surface area contributed by atoms with Gasteiger partial charge in [-0.25, -0.2) is 0 Å². The lowest BCUT2D eigenvalue weighted by Crippen LogP contribution is -2.26. The molecule has 3 N–H and O–H groups in total. The van der Waals surface area contributed by atoms with Crippen molar-refractivity contribution in [1.29, 1.82) is 0 Å². The molecule has 1 aromatic carbocycles. The fourth-order valence-corrected chi connectivity index (χ4v) is 1.40. The monoisotopic (exact) mass is 236 g/mol. The summed E-state index contributed by atoms with van der Waals surface area (Å²) in [5.41, 5.74) is 7.23. The number of hydrogen-bond donors (Lipinski definition) is 2. The summed E-state index contributed by atoms with van der Waals surface area (Å²) >= 11 is 0. The van der Waals surface area contributed by atoms with Crippen LogP contribution in [0.5, 0.6) is 5.75 Å². The molecule has 4 heteroatoms. The number of nitrogens with one attached hydrogen (secondary N) is 1. The van der Waals surface area contributed by atoms with E-state index in [0.29, 0.717) is 13.2 Å². The summed E-state index contributed by atoms with van der Waals surface area (Å²) in [4.78, 5) is 11.7. The van der Waals surface area contributed by atoms with Crippen LogP contribution in [0.25, 0.3) is 0 Å². The first-order chi connectivity index (χ1) is 8.08. The second-order valence-corrected chi connectivity index (χ2v) is 4.04. The van der Waals surface area contributed by atoms with Gasteiger partial charge in [0.05, 0.1) is 6.61 Å². The SMILES string of the molecule is CCOc1ccc(NC(=O)C(C)CN)c(C)c1. The van der Waals surface area contributed by atoms with Gasteiger partial charge in [0.25, 0.3) is 0 Å². The molecule has 94 valence electrons. The molecule has 4 nitrogen and oxygen atoms in total. The van der Waals surface area contributed by atoms with Gasteiger partial charge in [0.2, 0.25) is 5.91 Å². The molecule has 1 amide bonds. The number of nitrogens with two attached hydrogens (primary N) is 1. The molecule has 0 aromatic heterocycles. The van der Waals surface area contributed by atoms with Gasteiger partial charge in [-0.2, -0.15) is 0 Å². The number of hydrogen-bond acceptors (Lipinski definition) is 3. The number of benzene rings is 1. The van der Waals surface area contributed by atoms with Gasteiger partial charge in [-0.05, 0) is 37.6 Å². The summed E-state index contributed by atoms with van der Waals surface area (Å²) in [6, 6.07) is 5.60. The Hall–Kier alpha value is -1.55. The minimum atomic E-state index is -0.180. The van der Waals surface area contributed by atoms with E-state index >= 15 is 0 Å². The van der Waals surface area contributed by atoms with Crippen molar-refractivity contribution in [2.75, 3.05) is 18.5 Å². The Kier molecular flexibility index (Phi) is 4.97. The molecule has 0 aliphatic rings. The van der Waals surface area contributed by atoms with Crippen molar-refractivity contribution < 1.29 is 9.53 Å². The third-order valence-corrected chi connectivity index (χ3v) is 2.57. The summed E-state index contributed by atoms with van der Waals surface area (Å²) in [7, 11) is 0. The molecule has 1 atom stereocenters. The highest BCUT2D eigenvalue weighted by molar-refractivity contribution is 5.93. The maximum absolute atomic E-state index is 11.7. The maximum atomic E-state index is 11.7. The van der Waals surface area contributed by atoms with Crippen LogP contribution in [0.3, 0.4) is 0 Å². The number of aryl methyl sites for hydroxylation is 1. The molecule has 0 saturated heterocycles. The second-order valence-electron chi connectivity index (χ2n) is 4.04. The number of ether oxygens (including phenoxy) is 1. The first-order valence-electron chi connectivity index (χ1n) is 5.82. The van der Waals surface area contributed by atoms with Gasteiger partial charge in [-0.3, -0.25) is 4.79 Å². The smallest absolute Gasteiger partial charge is 0.228 e. The predicted octanol–water partition coefficient (Wildman–Crippen LogP) is 1.93. The summed E-state index contributed by atoms with van der Waals surface area (Å²) < 4.78 is 5.38. The molecule has 1 rings (SSSR count). The van der Waals surface area contributed by atoms with Crippen molar-refractivity contribution >= 4 is 11.6 Å². The zero-order valence-corrected chi connectivity index (χ0v) is 10.6. The Bertz CT molecular complexity index is 391. The molecule has 0 heterocycles. The molecule has 0 spiro atoms. The van der Waals surface area contributed by atoms with Crippen LogP contribution in [0.15, 0.2) is 18.2 Å². The molecule has 0 aliphatic carbocycles. The Labute approximate surface area is 102 Å². The van der Waals surface area contributed by atoms with E-state index in [-0.39, 0.29) is 11.8 Å². The van der Waals surface area contributed by atoms with E-state index in [0.717, 1.165) is 17.0 Å². The van der Waals surface area contributed by atoms with Crippen molar-refractivity contribution in [3.8, 4) is 5.75 Å². The number of carbonyl (C=O) groups excluding carboxylic acids is 1. The third-order valence-electron chi connectivity index (χ3n) is 2.57. The zero-order valence-electron chi connectivity index (χ0n) is 10.6. The molecular formula is C13H20N2O2. The predicted molar refractivity (Wildman–Crippen MR) is 69.2 cm³/mol. The summed E-state index contributed by atoms with van der Waals surface area (Å²) in [6.07, 6.45) is 0. The van der Waals surface area contributed by atoms with Crippen molar-refractivity contribution in [2.24, 2.45) is 11.7 Å². The highest BCUT2D eigenvalue weighted by atomic mass is 16.5. The number of rotatable bonds is 5. The van der Waals surface area contributed by atoms with Gasteiger partial charge in [0.1, 0.15) is 5.75 Å². The summed E-state index contributed by atoms with van der Waals surface area (Å²) in [5, 5.41) is 2.86. The van der Waals surface area contributed by atoms with Gasteiger partial charge in [0, 0.05) is 18.2 Å². The van der Waals surface area contributed by atoms with E-state index in [4.69, 9.17) is 10.5 Å². The van der Waals surface area contributed by atoms with Crippen LogP contribution in [0, 0.1) is 12.8 Å². The van der Waals surface area contributed by atoms with Crippen molar-refractivity contribution in [3.63, 3.8) is 0 Å². The van der Waals surface area contributed by atoms with E-state index in [1.807, 2.05) is 32.0 Å². The first kappa shape index (κ1) is 13.5. The van der Waals surface area contributed by atoms with Gasteiger partial charge in [-0.15, -0.1) is 0 Å². The third kappa shape index (κ3) is 3.75. The molecule has 0 radical (unpaired) electrons. The van der Waals surface area contributed by atoms with Crippen LogP contribution in [-0.4, -0.2) is 19.1 Å². The second kappa shape index (κ2) is 6.25. The van der Waals surface area contributed by atoms with Gasteiger partial charge < -0.3 is 15.8 Å². The average Bonchev–Trinajstić information content (AvgIpc) is 2.31. The molecule has 0 saturated carbocycles. The molecule has 0 aliphatic heterocycles. The average molecular weight is 236 g/mol. The highest BCUT2D eigenvalue weighted by Crippen LogP contribution is 2.21. The summed E-state index contributed by atoms with van der Waals surface area (Å²) in [5.74, 6) is 0.579. The maximum Gasteiger partial charge on any atom is 0.228 e. The lowest BCUT2D eigenvalue weighted by Gasteiger charge is -2.13. The van der Waals surface area contributed by atoms with Crippen LogP contribution in [0.1, 0.15) is 19.4 Å². The molecule has 17 heavy (non-hydrogen) atoms. The van der Waals surface area contributed by atoms with E-state index in [2.05, 4.69) is 5.32 Å². The van der Waals surface area contributed by atoms with Crippen LogP contribution >= 0.6 is 0 Å². The molecular weight excluding hydrogens is 216 g/mol. The van der Waals surface area contributed by atoms with Crippen molar-refractivity contribution in [1.82, 2.24) is 0 Å². The lowest BCUT2D eigenvalue weighted by molar-refractivity contribution is -0.119. The fourth-order valence-electron chi connectivity index (χ4n) is 1.40. The Morgan fingerprint density at radius 1 is 1.53 bits per heavy atom. The molecule has 0 bridgehead atoms. The Morgan fingerprint density at radius 2 is 2.24 bits per heavy atom. The van der Waals surface area contributed by atoms with Crippen molar-refractivity contribution in [3.05, 3.63) is 23.8 Å². The minimum Gasteiger partial charge on any atom is -0.494 e. The van der Waals surface area contributed by atoms with E-state index < -0.39 is 0 Å². The first-order valence-corrected chi connectivity index (χ1v) is 5.82. The van der Waals surface area contributed by atoms with E-state index in [1.165, 1.54) is 0 Å². The van der Waals surface area contributed by atoms with Crippen LogP contribution in [0.2, 0.25) is 0 Å².